The van der Waals surface area contributed by atoms with E-state index in [1.54, 1.807) is 10.4 Å². The van der Waals surface area contributed by atoms with Gasteiger partial charge in [0.1, 0.15) is 0 Å². The van der Waals surface area contributed by atoms with Crippen molar-refractivity contribution in [2.45, 2.75) is 39.2 Å². The van der Waals surface area contributed by atoms with Crippen molar-refractivity contribution in [2.75, 3.05) is 44.7 Å². The molecule has 1 aliphatic carbocycles. The lowest BCUT2D eigenvalue weighted by molar-refractivity contribution is -0.148. The second-order valence-electron chi connectivity index (χ2n) is 9.32. The number of piperazine rings is 1. The molecule has 3 atom stereocenters. The summed E-state index contributed by atoms with van der Waals surface area (Å²) in [5.41, 5.74) is 2.88. The highest BCUT2D eigenvalue weighted by atomic mass is 16.5. The molecule has 1 saturated heterocycles. The second-order valence-corrected chi connectivity index (χ2v) is 9.32. The van der Waals surface area contributed by atoms with Gasteiger partial charge < -0.3 is 19.4 Å². The van der Waals surface area contributed by atoms with Crippen molar-refractivity contribution in [1.82, 2.24) is 15.3 Å². The van der Waals surface area contributed by atoms with Crippen LogP contribution in [0.2, 0.25) is 0 Å². The molecule has 182 valence electrons. The summed E-state index contributed by atoms with van der Waals surface area (Å²) in [6, 6.07) is 9.88. The lowest BCUT2D eigenvalue weighted by Gasteiger charge is -2.42. The third kappa shape index (κ3) is 5.96. The Balaban J connectivity index is 1.68. The minimum absolute atomic E-state index is 0.0526. The summed E-state index contributed by atoms with van der Waals surface area (Å²) in [7, 11) is 1.35. The van der Waals surface area contributed by atoms with Gasteiger partial charge in [-0.1, -0.05) is 32.0 Å². The van der Waals surface area contributed by atoms with Crippen LogP contribution in [0.4, 0.5) is 10.5 Å². The fraction of sp³-hybridized carbons (Fsp3) is 0.625. The van der Waals surface area contributed by atoms with Gasteiger partial charge in [-0.05, 0) is 37.3 Å². The van der Waals surface area contributed by atoms with Crippen LogP contribution in [0.15, 0.2) is 30.3 Å². The quantitative estimate of drug-likeness (QED) is 0.499. The lowest BCUT2D eigenvalue weighted by atomic mass is 9.75. The van der Waals surface area contributed by atoms with Crippen molar-refractivity contribution < 1.29 is 24.3 Å². The number of anilines is 1. The normalized spacial score (nSPS) is 23.2. The van der Waals surface area contributed by atoms with E-state index in [4.69, 9.17) is 4.74 Å². The number of hydroxylamine groups is 1. The van der Waals surface area contributed by atoms with Crippen LogP contribution in [-0.4, -0.2) is 78.8 Å². The SMILES string of the molecule is COC(=O)N(CC(C)C)[C@@H]1CC[C@H](C(=O)N2CCN(c3ccccc3)CC2)[C@@H](C(=O)NO)C1. The average Bonchev–Trinajstić information content (AvgIpc) is 2.86. The summed E-state index contributed by atoms with van der Waals surface area (Å²) in [5.74, 6) is -1.61. The topological polar surface area (TPSA) is 102 Å². The maximum Gasteiger partial charge on any atom is 0.409 e. The Bertz CT molecular complexity index is 810. The number of benzene rings is 1. The van der Waals surface area contributed by atoms with Crippen LogP contribution in [0.5, 0.6) is 0 Å². The summed E-state index contributed by atoms with van der Waals surface area (Å²) in [5, 5.41) is 9.35. The van der Waals surface area contributed by atoms with E-state index in [-0.39, 0.29) is 17.9 Å². The van der Waals surface area contributed by atoms with E-state index < -0.39 is 23.8 Å². The van der Waals surface area contributed by atoms with E-state index in [1.807, 2.05) is 36.9 Å². The summed E-state index contributed by atoms with van der Waals surface area (Å²) in [4.78, 5) is 44.1. The van der Waals surface area contributed by atoms with Gasteiger partial charge in [0.15, 0.2) is 0 Å². The first kappa shape index (κ1) is 24.8. The van der Waals surface area contributed by atoms with Crippen LogP contribution in [0, 0.1) is 17.8 Å². The van der Waals surface area contributed by atoms with Crippen molar-refractivity contribution >= 4 is 23.6 Å². The van der Waals surface area contributed by atoms with Crippen LogP contribution < -0.4 is 10.4 Å². The smallest absolute Gasteiger partial charge is 0.409 e. The Morgan fingerprint density at radius 2 is 1.76 bits per heavy atom. The minimum Gasteiger partial charge on any atom is -0.453 e. The third-order valence-corrected chi connectivity index (χ3v) is 6.71. The Morgan fingerprint density at radius 3 is 2.33 bits per heavy atom. The first-order valence-corrected chi connectivity index (χ1v) is 11.7. The third-order valence-electron chi connectivity index (χ3n) is 6.71. The molecule has 9 nitrogen and oxygen atoms in total. The molecule has 0 aromatic heterocycles. The molecule has 0 bridgehead atoms. The largest absolute Gasteiger partial charge is 0.453 e. The Kier molecular flexibility index (Phi) is 8.55. The molecule has 33 heavy (non-hydrogen) atoms. The van der Waals surface area contributed by atoms with Gasteiger partial charge in [-0.15, -0.1) is 0 Å². The number of carbonyl (C=O) groups is 3. The number of methoxy groups -OCH3 is 1. The minimum atomic E-state index is -0.701. The van der Waals surface area contributed by atoms with Crippen molar-refractivity contribution in [3.8, 4) is 0 Å². The van der Waals surface area contributed by atoms with Gasteiger partial charge in [0, 0.05) is 50.4 Å². The predicted octanol–water partition coefficient (Wildman–Crippen LogP) is 2.35. The second kappa shape index (κ2) is 11.4. The molecule has 2 aliphatic rings. The molecule has 2 fully saturated rings. The number of rotatable bonds is 6. The molecule has 1 saturated carbocycles. The molecule has 1 heterocycles. The zero-order valence-corrected chi connectivity index (χ0v) is 19.8. The lowest BCUT2D eigenvalue weighted by Crippen LogP contribution is -2.55. The van der Waals surface area contributed by atoms with Crippen LogP contribution >= 0.6 is 0 Å². The number of carbonyl (C=O) groups excluding carboxylic acids is 3. The van der Waals surface area contributed by atoms with Gasteiger partial charge in [0.2, 0.25) is 11.8 Å². The van der Waals surface area contributed by atoms with E-state index in [9.17, 15) is 19.6 Å². The first-order valence-electron chi connectivity index (χ1n) is 11.7. The number of nitrogens with zero attached hydrogens (tertiary/aromatic N) is 3. The molecular formula is C24H36N4O5. The van der Waals surface area contributed by atoms with Crippen LogP contribution in [0.1, 0.15) is 33.1 Å². The number of hydrogen-bond acceptors (Lipinski definition) is 6. The van der Waals surface area contributed by atoms with E-state index in [1.165, 1.54) is 7.11 Å². The van der Waals surface area contributed by atoms with Crippen molar-refractivity contribution in [1.29, 1.82) is 0 Å². The maximum atomic E-state index is 13.4. The van der Waals surface area contributed by atoms with Gasteiger partial charge in [-0.2, -0.15) is 0 Å². The highest BCUT2D eigenvalue weighted by molar-refractivity contribution is 5.87. The van der Waals surface area contributed by atoms with Crippen molar-refractivity contribution in [2.24, 2.45) is 17.8 Å². The molecule has 3 amide bonds. The first-order chi connectivity index (χ1) is 15.8. The number of nitrogens with one attached hydrogen (secondary N) is 1. The number of para-hydroxylation sites is 1. The monoisotopic (exact) mass is 460 g/mol. The van der Waals surface area contributed by atoms with E-state index in [0.717, 1.165) is 18.8 Å². The predicted molar refractivity (Wildman–Crippen MR) is 124 cm³/mol. The summed E-state index contributed by atoms with van der Waals surface area (Å²) in [6.45, 7) is 7.16. The highest BCUT2D eigenvalue weighted by Gasteiger charge is 2.43. The molecule has 0 spiro atoms. The van der Waals surface area contributed by atoms with Gasteiger partial charge in [0.25, 0.3) is 0 Å². The van der Waals surface area contributed by atoms with Crippen LogP contribution in [0.25, 0.3) is 0 Å². The van der Waals surface area contributed by atoms with E-state index in [0.29, 0.717) is 38.9 Å². The van der Waals surface area contributed by atoms with Gasteiger partial charge in [0.05, 0.1) is 13.0 Å². The molecule has 9 heteroatoms. The average molecular weight is 461 g/mol. The molecule has 2 N–H and O–H groups in total. The molecule has 0 radical (unpaired) electrons. The Morgan fingerprint density at radius 1 is 1.09 bits per heavy atom. The maximum absolute atomic E-state index is 13.4. The molecule has 1 aromatic carbocycles. The Hall–Kier alpha value is -2.81. The van der Waals surface area contributed by atoms with E-state index >= 15 is 0 Å². The molecule has 3 rings (SSSR count). The number of hydrogen-bond donors (Lipinski definition) is 2. The Labute approximate surface area is 195 Å². The summed E-state index contributed by atoms with van der Waals surface area (Å²) < 4.78 is 4.96. The molecule has 1 aliphatic heterocycles. The number of ether oxygens (including phenoxy) is 1. The standard InChI is InChI=1S/C24H36N4O5/c1-17(2)16-28(24(31)33-3)19-9-10-20(21(15-19)22(29)25-32)23(30)27-13-11-26(12-14-27)18-7-5-4-6-8-18/h4-8,17,19-21,32H,9-16H2,1-3H3,(H,25,29)/t19-,20+,21+/m1/s1. The molecule has 1 aromatic rings. The van der Waals surface area contributed by atoms with Crippen molar-refractivity contribution in [3.63, 3.8) is 0 Å². The fourth-order valence-electron chi connectivity index (χ4n) is 5.04. The zero-order chi connectivity index (χ0) is 24.0. The number of amides is 3. The van der Waals surface area contributed by atoms with Gasteiger partial charge in [-0.3, -0.25) is 14.8 Å². The highest BCUT2D eigenvalue weighted by Crippen LogP contribution is 2.35. The van der Waals surface area contributed by atoms with Crippen molar-refractivity contribution in [3.05, 3.63) is 30.3 Å². The van der Waals surface area contributed by atoms with Gasteiger partial charge in [-0.25, -0.2) is 10.3 Å². The summed E-state index contributed by atoms with van der Waals surface area (Å²) in [6.07, 6.45) is 0.969. The van der Waals surface area contributed by atoms with E-state index in [2.05, 4.69) is 17.0 Å². The zero-order valence-electron chi connectivity index (χ0n) is 19.8. The summed E-state index contributed by atoms with van der Waals surface area (Å²) >= 11 is 0. The fourth-order valence-corrected chi connectivity index (χ4v) is 5.04. The van der Waals surface area contributed by atoms with Crippen LogP contribution in [-0.2, 0) is 14.3 Å². The molecular weight excluding hydrogens is 424 g/mol. The van der Waals surface area contributed by atoms with Crippen LogP contribution in [0.3, 0.4) is 0 Å². The van der Waals surface area contributed by atoms with Gasteiger partial charge >= 0.3 is 6.09 Å². The molecule has 0 unspecified atom stereocenters.